The van der Waals surface area contributed by atoms with Crippen molar-refractivity contribution in [1.82, 2.24) is 9.88 Å². The number of rotatable bonds is 8. The molecule has 1 aromatic heterocycles. The molecule has 0 spiro atoms. The predicted molar refractivity (Wildman–Crippen MR) is 110 cm³/mol. The third kappa shape index (κ3) is 5.15. The van der Waals surface area contributed by atoms with E-state index in [1.165, 1.54) is 22.7 Å². The van der Waals surface area contributed by atoms with E-state index < -0.39 is 0 Å². The first-order valence-corrected chi connectivity index (χ1v) is 10.8. The van der Waals surface area contributed by atoms with Crippen LogP contribution in [-0.2, 0) is 13.0 Å². The number of hydrogen-bond acceptors (Lipinski definition) is 4. The highest BCUT2D eigenvalue weighted by Gasteiger charge is 2.34. The normalized spacial score (nSPS) is 21.4. The highest BCUT2D eigenvalue weighted by Crippen LogP contribution is 2.35. The van der Waals surface area contributed by atoms with Crippen LogP contribution in [0.2, 0.25) is 0 Å². The van der Waals surface area contributed by atoms with Gasteiger partial charge in [0.25, 0.3) is 0 Å². The van der Waals surface area contributed by atoms with Crippen LogP contribution in [0.5, 0.6) is 0 Å². The van der Waals surface area contributed by atoms with Gasteiger partial charge in [-0.05, 0) is 50.1 Å². The maximum absolute atomic E-state index is 10.2. The molecule has 3 rings (SSSR count). The van der Waals surface area contributed by atoms with Crippen LogP contribution in [0, 0.1) is 5.41 Å². The zero-order chi connectivity index (χ0) is 18.4. The van der Waals surface area contributed by atoms with Gasteiger partial charge in [-0.2, -0.15) is 0 Å². The van der Waals surface area contributed by atoms with Crippen LogP contribution in [0.3, 0.4) is 0 Å². The van der Waals surface area contributed by atoms with E-state index >= 15 is 0 Å². The molecule has 4 heteroatoms. The molecule has 26 heavy (non-hydrogen) atoms. The summed E-state index contributed by atoms with van der Waals surface area (Å²) < 4.78 is 0. The molecular formula is C22H32N2OS. The molecule has 2 aromatic rings. The minimum atomic E-state index is 0.0607. The van der Waals surface area contributed by atoms with Gasteiger partial charge in [-0.1, -0.05) is 44.2 Å². The highest BCUT2D eigenvalue weighted by molar-refractivity contribution is 7.09. The number of piperidine rings is 1. The van der Waals surface area contributed by atoms with Gasteiger partial charge in [-0.15, -0.1) is 11.3 Å². The lowest BCUT2D eigenvalue weighted by atomic mass is 9.76. The summed E-state index contributed by atoms with van der Waals surface area (Å²) in [5.74, 6) is 0.496. The molecular weight excluding hydrogens is 340 g/mol. The van der Waals surface area contributed by atoms with Crippen LogP contribution < -0.4 is 0 Å². The topological polar surface area (TPSA) is 36.4 Å². The first-order valence-electron chi connectivity index (χ1n) is 9.92. The predicted octanol–water partition coefficient (Wildman–Crippen LogP) is 4.86. The van der Waals surface area contributed by atoms with Crippen LogP contribution in [-0.4, -0.2) is 34.7 Å². The molecule has 1 aromatic carbocycles. The molecule has 0 aliphatic carbocycles. The molecule has 0 saturated carbocycles. The van der Waals surface area contributed by atoms with Crippen molar-refractivity contribution in [1.29, 1.82) is 0 Å². The minimum Gasteiger partial charge on any atom is -0.396 e. The van der Waals surface area contributed by atoms with Crippen molar-refractivity contribution in [3.8, 4) is 0 Å². The molecule has 142 valence electrons. The van der Waals surface area contributed by atoms with Gasteiger partial charge in [-0.3, -0.25) is 4.90 Å². The van der Waals surface area contributed by atoms with E-state index in [1.54, 1.807) is 11.3 Å². The molecule has 1 atom stereocenters. The monoisotopic (exact) mass is 372 g/mol. The maximum Gasteiger partial charge on any atom is 0.107 e. The maximum atomic E-state index is 10.2. The standard InChI is InChI=1S/C22H32N2OS/c1-18(2)20-15-26-21(23-20)14-24-13-7-12-22(16-24,17-25)11-6-10-19-8-4-3-5-9-19/h3-5,8-9,15,18,25H,6-7,10-14,16-17H2,1-2H3/t22-/m0/s1. The average molecular weight is 373 g/mol. The Morgan fingerprint density at radius 2 is 2.08 bits per heavy atom. The van der Waals surface area contributed by atoms with E-state index in [-0.39, 0.29) is 5.41 Å². The van der Waals surface area contributed by atoms with E-state index in [1.807, 2.05) is 0 Å². The number of aliphatic hydroxyl groups is 1. The number of thiazole rings is 1. The minimum absolute atomic E-state index is 0.0607. The molecule has 1 aliphatic heterocycles. The summed E-state index contributed by atoms with van der Waals surface area (Å²) in [6, 6.07) is 10.7. The molecule has 1 fully saturated rings. The molecule has 0 bridgehead atoms. The van der Waals surface area contributed by atoms with Crippen molar-refractivity contribution in [3.63, 3.8) is 0 Å². The summed E-state index contributed by atoms with van der Waals surface area (Å²) >= 11 is 1.78. The van der Waals surface area contributed by atoms with Crippen LogP contribution in [0.15, 0.2) is 35.7 Å². The van der Waals surface area contributed by atoms with Gasteiger partial charge < -0.3 is 5.11 Å². The van der Waals surface area contributed by atoms with Crippen LogP contribution in [0.4, 0.5) is 0 Å². The largest absolute Gasteiger partial charge is 0.396 e. The number of aromatic nitrogens is 1. The molecule has 3 nitrogen and oxygen atoms in total. The van der Waals surface area contributed by atoms with E-state index in [9.17, 15) is 5.11 Å². The highest BCUT2D eigenvalue weighted by atomic mass is 32.1. The lowest BCUT2D eigenvalue weighted by Crippen LogP contribution is -2.45. The summed E-state index contributed by atoms with van der Waals surface area (Å²) in [6.07, 6.45) is 5.67. The van der Waals surface area contributed by atoms with Crippen LogP contribution in [0.1, 0.15) is 61.7 Å². The first kappa shape index (κ1) is 19.5. The summed E-state index contributed by atoms with van der Waals surface area (Å²) in [6.45, 7) is 7.74. The van der Waals surface area contributed by atoms with Gasteiger partial charge in [-0.25, -0.2) is 4.98 Å². The fourth-order valence-corrected chi connectivity index (χ4v) is 5.02. The van der Waals surface area contributed by atoms with Gasteiger partial charge in [0.05, 0.1) is 12.2 Å². The Labute approximate surface area is 162 Å². The zero-order valence-corrected chi connectivity index (χ0v) is 17.0. The Balaban J connectivity index is 1.55. The fourth-order valence-electron chi connectivity index (χ4n) is 4.02. The quantitative estimate of drug-likeness (QED) is 0.718. The van der Waals surface area contributed by atoms with Crippen LogP contribution in [0.25, 0.3) is 0 Å². The molecule has 0 unspecified atom stereocenters. The Morgan fingerprint density at radius 1 is 1.27 bits per heavy atom. The Kier molecular flexibility index (Phi) is 6.85. The van der Waals surface area contributed by atoms with Gasteiger partial charge in [0.1, 0.15) is 5.01 Å². The summed E-state index contributed by atoms with van der Waals surface area (Å²) in [7, 11) is 0. The Bertz CT molecular complexity index is 670. The SMILES string of the molecule is CC(C)c1csc(CN2CCC[C@@](CO)(CCCc3ccccc3)C2)n1. The Morgan fingerprint density at radius 3 is 2.77 bits per heavy atom. The van der Waals surface area contributed by atoms with Gasteiger partial charge in [0.2, 0.25) is 0 Å². The summed E-state index contributed by atoms with van der Waals surface area (Å²) in [5.41, 5.74) is 2.67. The van der Waals surface area contributed by atoms with Gasteiger partial charge in [0.15, 0.2) is 0 Å². The van der Waals surface area contributed by atoms with Crippen molar-refractivity contribution in [3.05, 3.63) is 52.0 Å². The fraction of sp³-hybridized carbons (Fsp3) is 0.591. The molecule has 0 amide bonds. The van der Waals surface area contributed by atoms with Crippen molar-refractivity contribution >= 4 is 11.3 Å². The molecule has 1 N–H and O–H groups in total. The smallest absolute Gasteiger partial charge is 0.107 e. The Hall–Kier alpha value is -1.23. The number of aryl methyl sites for hydroxylation is 1. The molecule has 0 radical (unpaired) electrons. The summed E-state index contributed by atoms with van der Waals surface area (Å²) in [4.78, 5) is 7.30. The molecule has 1 saturated heterocycles. The van der Waals surface area contributed by atoms with Gasteiger partial charge in [0, 0.05) is 23.9 Å². The lowest BCUT2D eigenvalue weighted by Gasteiger charge is -2.41. The van der Waals surface area contributed by atoms with Crippen LogP contribution >= 0.6 is 11.3 Å². The number of nitrogens with zero attached hydrogens (tertiary/aromatic N) is 2. The van der Waals surface area contributed by atoms with Crippen molar-refractivity contribution in [2.75, 3.05) is 19.7 Å². The summed E-state index contributed by atoms with van der Waals surface area (Å²) in [5, 5.41) is 13.6. The second-order valence-electron chi connectivity index (χ2n) is 8.13. The van der Waals surface area contributed by atoms with Gasteiger partial charge >= 0.3 is 0 Å². The number of likely N-dealkylation sites (tertiary alicyclic amines) is 1. The first-order chi connectivity index (χ1) is 12.6. The zero-order valence-electron chi connectivity index (χ0n) is 16.2. The number of hydrogen-bond donors (Lipinski definition) is 1. The second-order valence-corrected chi connectivity index (χ2v) is 9.07. The van der Waals surface area contributed by atoms with Crippen molar-refractivity contribution in [2.24, 2.45) is 5.41 Å². The lowest BCUT2D eigenvalue weighted by molar-refractivity contribution is 0.0207. The average Bonchev–Trinajstić information content (AvgIpc) is 3.12. The van der Waals surface area contributed by atoms with E-state index in [0.717, 1.165) is 45.3 Å². The third-order valence-corrected chi connectivity index (χ3v) is 6.46. The second kappa shape index (κ2) is 9.12. The molecule has 2 heterocycles. The van der Waals surface area contributed by atoms with E-state index in [2.05, 4.69) is 54.5 Å². The van der Waals surface area contributed by atoms with E-state index in [4.69, 9.17) is 4.98 Å². The number of aliphatic hydroxyl groups excluding tert-OH is 1. The molecule has 1 aliphatic rings. The third-order valence-electron chi connectivity index (χ3n) is 5.61. The van der Waals surface area contributed by atoms with Crippen molar-refractivity contribution < 1.29 is 5.11 Å². The van der Waals surface area contributed by atoms with Crippen molar-refractivity contribution in [2.45, 2.75) is 58.4 Å². The van der Waals surface area contributed by atoms with E-state index in [0.29, 0.717) is 12.5 Å². The number of benzene rings is 1.